The van der Waals surface area contributed by atoms with Gasteiger partial charge in [0.15, 0.2) is 7.37 Å². The molecule has 6 nitrogen and oxygen atoms in total. The Balaban J connectivity index is 3.89. The minimum atomic E-state index is -3.20. The van der Waals surface area contributed by atoms with Gasteiger partial charge in [0.05, 0.1) is 6.42 Å². The first kappa shape index (κ1) is 16.9. The number of carbonyl (C=O) groups is 2. The van der Waals surface area contributed by atoms with Crippen LogP contribution in [-0.4, -0.2) is 42.4 Å². The minimum absolute atomic E-state index is 0.0860. The molecule has 104 valence electrons. The van der Waals surface area contributed by atoms with Crippen molar-refractivity contribution in [2.45, 2.75) is 26.4 Å². The highest BCUT2D eigenvalue weighted by Gasteiger charge is 2.16. The Morgan fingerprint density at radius 3 is 2.44 bits per heavy atom. The first-order valence-electron chi connectivity index (χ1n) is 5.43. The van der Waals surface area contributed by atoms with Gasteiger partial charge in [0.1, 0.15) is 12.7 Å². The number of carbonyl (C=O) groups excluding carboxylic acids is 2. The van der Waals surface area contributed by atoms with Gasteiger partial charge < -0.3 is 14.4 Å². The van der Waals surface area contributed by atoms with Crippen molar-refractivity contribution in [2.24, 2.45) is 0 Å². The highest BCUT2D eigenvalue weighted by Crippen LogP contribution is 2.35. The summed E-state index contributed by atoms with van der Waals surface area (Å²) < 4.78 is 20.6. The van der Waals surface area contributed by atoms with Crippen LogP contribution in [0.25, 0.3) is 0 Å². The molecular formula is C11H19O6P. The molecule has 0 spiro atoms. The Hall–Kier alpha value is -1.13. The molecule has 0 aliphatic rings. The molecule has 0 heterocycles. The van der Waals surface area contributed by atoms with Crippen LogP contribution in [0, 0.1) is 0 Å². The van der Waals surface area contributed by atoms with Gasteiger partial charge in [0.25, 0.3) is 0 Å². The van der Waals surface area contributed by atoms with E-state index in [0.29, 0.717) is 0 Å². The maximum Gasteiger partial charge on any atom is 0.333 e. The monoisotopic (exact) mass is 278 g/mol. The van der Waals surface area contributed by atoms with Crippen LogP contribution in [0.2, 0.25) is 0 Å². The van der Waals surface area contributed by atoms with Crippen LogP contribution in [0.3, 0.4) is 0 Å². The predicted octanol–water partition coefficient (Wildman–Crippen LogP) is 1.33. The molecule has 0 bridgehead atoms. The highest BCUT2D eigenvalue weighted by molar-refractivity contribution is 7.57. The molecular weight excluding hydrogens is 259 g/mol. The highest BCUT2D eigenvalue weighted by atomic mass is 31.2. The predicted molar refractivity (Wildman–Crippen MR) is 66.6 cm³/mol. The lowest BCUT2D eigenvalue weighted by Crippen LogP contribution is -2.22. The summed E-state index contributed by atoms with van der Waals surface area (Å²) in [5, 5.41) is 0. The zero-order valence-corrected chi connectivity index (χ0v) is 11.7. The fourth-order valence-corrected chi connectivity index (χ4v) is 1.50. The third-order valence-corrected chi connectivity index (χ3v) is 2.92. The second-order valence-corrected chi connectivity index (χ2v) is 6.75. The zero-order valence-electron chi connectivity index (χ0n) is 10.8. The molecule has 0 saturated carbocycles. The third kappa shape index (κ3) is 8.96. The standard InChI is InChI=1S/C11H19O6P/c1-8(2)11(13)17-9(3)7-16-10(12)5-6-18(4,14)15/h9H,1,5-7H2,2-4H3,(H,14,15). The van der Waals surface area contributed by atoms with Crippen molar-refractivity contribution < 1.29 is 28.5 Å². The number of hydrogen-bond acceptors (Lipinski definition) is 5. The van der Waals surface area contributed by atoms with Gasteiger partial charge in [-0.05, 0) is 13.8 Å². The Kier molecular flexibility index (Phi) is 6.88. The first-order valence-corrected chi connectivity index (χ1v) is 7.72. The van der Waals surface area contributed by atoms with Crippen molar-refractivity contribution >= 4 is 19.3 Å². The van der Waals surface area contributed by atoms with Crippen molar-refractivity contribution in [3.8, 4) is 0 Å². The molecule has 7 heteroatoms. The molecule has 1 N–H and O–H groups in total. The zero-order chi connectivity index (χ0) is 14.3. The van der Waals surface area contributed by atoms with Crippen molar-refractivity contribution in [1.82, 2.24) is 0 Å². The summed E-state index contributed by atoms with van der Waals surface area (Å²) in [7, 11) is -3.20. The molecule has 0 saturated heterocycles. The van der Waals surface area contributed by atoms with Crippen LogP contribution in [0.5, 0.6) is 0 Å². The Labute approximate surface area is 106 Å². The van der Waals surface area contributed by atoms with E-state index in [9.17, 15) is 14.2 Å². The summed E-state index contributed by atoms with van der Waals surface area (Å²) in [6.07, 6.45) is -0.835. The Morgan fingerprint density at radius 2 is 2.00 bits per heavy atom. The van der Waals surface area contributed by atoms with Gasteiger partial charge in [-0.2, -0.15) is 0 Å². The second-order valence-electron chi connectivity index (χ2n) is 4.20. The van der Waals surface area contributed by atoms with Gasteiger partial charge in [-0.25, -0.2) is 4.79 Å². The Bertz CT molecular complexity index is 370. The summed E-state index contributed by atoms with van der Waals surface area (Å²) in [6.45, 7) is 7.60. The molecule has 2 atom stereocenters. The summed E-state index contributed by atoms with van der Waals surface area (Å²) >= 11 is 0. The van der Waals surface area contributed by atoms with Crippen molar-refractivity contribution in [3.05, 3.63) is 12.2 Å². The minimum Gasteiger partial charge on any atom is -0.462 e. The fraction of sp³-hybridized carbons (Fsp3) is 0.636. The lowest BCUT2D eigenvalue weighted by atomic mass is 10.3. The van der Waals surface area contributed by atoms with Crippen LogP contribution in [0.1, 0.15) is 20.3 Å². The molecule has 0 aromatic rings. The van der Waals surface area contributed by atoms with Crippen molar-refractivity contribution in [2.75, 3.05) is 19.4 Å². The lowest BCUT2D eigenvalue weighted by molar-refractivity contribution is -0.155. The Morgan fingerprint density at radius 1 is 1.44 bits per heavy atom. The van der Waals surface area contributed by atoms with E-state index in [1.165, 1.54) is 13.6 Å². The first-order chi connectivity index (χ1) is 8.11. The quantitative estimate of drug-likeness (QED) is 0.429. The van der Waals surface area contributed by atoms with E-state index < -0.39 is 25.4 Å². The van der Waals surface area contributed by atoms with Crippen LogP contribution >= 0.6 is 7.37 Å². The molecule has 0 radical (unpaired) electrons. The van der Waals surface area contributed by atoms with E-state index in [4.69, 9.17) is 14.4 Å². The average Bonchev–Trinajstić information content (AvgIpc) is 2.22. The maximum absolute atomic E-state index is 11.2. The molecule has 0 fully saturated rings. The normalized spacial score (nSPS) is 15.3. The lowest BCUT2D eigenvalue weighted by Gasteiger charge is -2.13. The van der Waals surface area contributed by atoms with Crippen LogP contribution in [0.4, 0.5) is 0 Å². The smallest absolute Gasteiger partial charge is 0.333 e. The van der Waals surface area contributed by atoms with E-state index >= 15 is 0 Å². The van der Waals surface area contributed by atoms with Gasteiger partial charge >= 0.3 is 11.9 Å². The molecule has 0 aliphatic heterocycles. The number of esters is 2. The fourth-order valence-electron chi connectivity index (χ4n) is 0.899. The van der Waals surface area contributed by atoms with Gasteiger partial charge in [0.2, 0.25) is 0 Å². The van der Waals surface area contributed by atoms with Crippen molar-refractivity contribution in [3.63, 3.8) is 0 Å². The molecule has 18 heavy (non-hydrogen) atoms. The molecule has 0 aromatic heterocycles. The topological polar surface area (TPSA) is 89.9 Å². The molecule has 0 aliphatic carbocycles. The van der Waals surface area contributed by atoms with Gasteiger partial charge in [0, 0.05) is 18.4 Å². The number of ether oxygens (including phenoxy) is 2. The van der Waals surface area contributed by atoms with E-state index in [0.717, 1.165) is 0 Å². The van der Waals surface area contributed by atoms with Gasteiger partial charge in [-0.15, -0.1) is 0 Å². The van der Waals surface area contributed by atoms with E-state index in [1.54, 1.807) is 6.92 Å². The van der Waals surface area contributed by atoms with Crippen LogP contribution in [0.15, 0.2) is 12.2 Å². The third-order valence-electron chi connectivity index (χ3n) is 1.87. The average molecular weight is 278 g/mol. The number of rotatable bonds is 7. The van der Waals surface area contributed by atoms with E-state index in [1.807, 2.05) is 0 Å². The molecule has 0 rings (SSSR count). The second kappa shape index (κ2) is 7.34. The van der Waals surface area contributed by atoms with Crippen molar-refractivity contribution in [1.29, 1.82) is 0 Å². The van der Waals surface area contributed by atoms with Gasteiger partial charge in [-0.3, -0.25) is 9.36 Å². The van der Waals surface area contributed by atoms with Crippen LogP contribution < -0.4 is 0 Å². The number of hydrogen-bond donors (Lipinski definition) is 1. The molecule has 0 aromatic carbocycles. The molecule has 0 amide bonds. The summed E-state index contributed by atoms with van der Waals surface area (Å²) in [6, 6.07) is 0. The summed E-state index contributed by atoms with van der Waals surface area (Å²) in [5.41, 5.74) is 0.264. The maximum atomic E-state index is 11.2. The van der Waals surface area contributed by atoms with Crippen LogP contribution in [-0.2, 0) is 23.6 Å². The van der Waals surface area contributed by atoms with E-state index in [2.05, 4.69) is 6.58 Å². The largest absolute Gasteiger partial charge is 0.462 e. The van der Waals surface area contributed by atoms with Gasteiger partial charge in [-0.1, -0.05) is 6.58 Å². The SMILES string of the molecule is C=C(C)C(=O)OC(C)COC(=O)CCP(C)(=O)O. The molecule has 2 unspecified atom stereocenters. The summed E-state index contributed by atoms with van der Waals surface area (Å²) in [4.78, 5) is 31.3. The summed E-state index contributed by atoms with van der Waals surface area (Å²) in [5.74, 6) is -1.14. The van der Waals surface area contributed by atoms with E-state index in [-0.39, 0.29) is 24.8 Å².